The van der Waals surface area contributed by atoms with Crippen LogP contribution in [-0.2, 0) is 0 Å². The van der Waals surface area contributed by atoms with Gasteiger partial charge in [0.2, 0.25) is 0 Å². The molecule has 0 fully saturated rings. The summed E-state index contributed by atoms with van der Waals surface area (Å²) >= 11 is 0. The summed E-state index contributed by atoms with van der Waals surface area (Å²) in [6.07, 6.45) is 11.6. The monoisotopic (exact) mass is 288 g/mol. The average molecular weight is 288 g/mol. The van der Waals surface area contributed by atoms with Crippen molar-refractivity contribution >= 4 is 36.0 Å². The Balaban J connectivity index is 1.96. The van der Waals surface area contributed by atoms with Gasteiger partial charge in [0, 0.05) is 12.4 Å². The van der Waals surface area contributed by atoms with Crippen LogP contribution in [0.3, 0.4) is 0 Å². The molecule has 0 unspecified atom stereocenters. The minimum absolute atomic E-state index is 0.920. The normalized spacial score (nSPS) is 12.3. The number of aliphatic imine (C=N–C) groups is 2. The fraction of sp³-hybridized carbons (Fsp3) is 0.100. The zero-order valence-corrected chi connectivity index (χ0v) is 13.0. The molecule has 0 spiro atoms. The highest BCUT2D eigenvalue weighted by Crippen LogP contribution is 2.14. The number of hydrogen-bond donors (Lipinski definition) is 0. The fourth-order valence-corrected chi connectivity index (χ4v) is 1.97. The van der Waals surface area contributed by atoms with Crippen molar-refractivity contribution in [3.05, 3.63) is 71.8 Å². The smallest absolute Gasteiger partial charge is 0.0630 e. The molecule has 0 aliphatic carbocycles. The quantitative estimate of drug-likeness (QED) is 0.616. The van der Waals surface area contributed by atoms with Crippen molar-refractivity contribution in [2.24, 2.45) is 9.98 Å². The summed E-state index contributed by atoms with van der Waals surface area (Å²) < 4.78 is 0. The van der Waals surface area contributed by atoms with Gasteiger partial charge in [-0.15, -0.1) is 0 Å². The Kier molecular flexibility index (Phi) is 6.06. The molecule has 0 saturated heterocycles. The predicted octanol–water partition coefficient (Wildman–Crippen LogP) is 5.86. The molecule has 2 aromatic carbocycles. The summed E-state index contributed by atoms with van der Waals surface area (Å²) in [7, 11) is 0. The molecule has 0 aliphatic rings. The van der Waals surface area contributed by atoms with Crippen molar-refractivity contribution in [1.29, 1.82) is 0 Å². The standard InChI is InChI=1S/C20H20N2/c1-3-5-17-7-11-19(12-8-17)21-15-16-22-20-13-9-18(6-4-2)10-14-20/h3-16H,1-2H3. The Labute approximate surface area is 132 Å². The maximum absolute atomic E-state index is 4.36. The van der Waals surface area contributed by atoms with Gasteiger partial charge >= 0.3 is 0 Å². The van der Waals surface area contributed by atoms with Crippen LogP contribution in [0.4, 0.5) is 11.4 Å². The lowest BCUT2D eigenvalue weighted by Crippen LogP contribution is -1.76. The van der Waals surface area contributed by atoms with Gasteiger partial charge in [0.15, 0.2) is 0 Å². The lowest BCUT2D eigenvalue weighted by Gasteiger charge is -1.95. The molecule has 2 nitrogen and oxygen atoms in total. The fourth-order valence-electron chi connectivity index (χ4n) is 1.97. The molecule has 2 heteroatoms. The van der Waals surface area contributed by atoms with Crippen LogP contribution in [0.5, 0.6) is 0 Å². The molecule has 2 rings (SSSR count). The number of nitrogens with zero attached hydrogens (tertiary/aromatic N) is 2. The third-order valence-electron chi connectivity index (χ3n) is 3.02. The van der Waals surface area contributed by atoms with Crippen molar-refractivity contribution in [1.82, 2.24) is 0 Å². The van der Waals surface area contributed by atoms with E-state index >= 15 is 0 Å². The molecule has 0 amide bonds. The van der Waals surface area contributed by atoms with E-state index in [2.05, 4.69) is 22.1 Å². The van der Waals surface area contributed by atoms with Gasteiger partial charge in [-0.05, 0) is 49.2 Å². The highest BCUT2D eigenvalue weighted by Gasteiger charge is 1.89. The molecule has 22 heavy (non-hydrogen) atoms. The number of rotatable bonds is 5. The van der Waals surface area contributed by atoms with Gasteiger partial charge < -0.3 is 0 Å². The van der Waals surface area contributed by atoms with E-state index in [1.807, 2.05) is 74.5 Å². The van der Waals surface area contributed by atoms with E-state index < -0.39 is 0 Å². The topological polar surface area (TPSA) is 24.7 Å². The molecular formula is C20H20N2. The van der Waals surface area contributed by atoms with Gasteiger partial charge in [-0.2, -0.15) is 0 Å². The molecule has 0 aromatic heterocycles. The minimum atomic E-state index is 0.920. The highest BCUT2D eigenvalue weighted by molar-refractivity contribution is 6.17. The van der Waals surface area contributed by atoms with E-state index in [4.69, 9.17) is 0 Å². The Morgan fingerprint density at radius 2 is 0.955 bits per heavy atom. The summed E-state index contributed by atoms with van der Waals surface area (Å²) in [5.41, 5.74) is 4.19. The summed E-state index contributed by atoms with van der Waals surface area (Å²) in [4.78, 5) is 8.72. The molecule has 0 aliphatic heterocycles. The van der Waals surface area contributed by atoms with Crippen LogP contribution < -0.4 is 0 Å². The molecule has 0 atom stereocenters. The van der Waals surface area contributed by atoms with Gasteiger partial charge in [0.1, 0.15) is 0 Å². The van der Waals surface area contributed by atoms with Crippen molar-refractivity contribution in [2.45, 2.75) is 13.8 Å². The van der Waals surface area contributed by atoms with E-state index in [0.29, 0.717) is 0 Å². The van der Waals surface area contributed by atoms with Gasteiger partial charge in [-0.25, -0.2) is 0 Å². The van der Waals surface area contributed by atoms with Crippen molar-refractivity contribution in [3.8, 4) is 0 Å². The zero-order valence-electron chi connectivity index (χ0n) is 13.0. The van der Waals surface area contributed by atoms with Crippen molar-refractivity contribution < 1.29 is 0 Å². The summed E-state index contributed by atoms with van der Waals surface area (Å²) in [6, 6.07) is 16.1. The second-order valence-electron chi connectivity index (χ2n) is 4.74. The largest absolute Gasteiger partial charge is 0.255 e. The second-order valence-corrected chi connectivity index (χ2v) is 4.74. The Morgan fingerprint density at radius 3 is 1.27 bits per heavy atom. The molecular weight excluding hydrogens is 268 g/mol. The van der Waals surface area contributed by atoms with Crippen LogP contribution in [0, 0.1) is 0 Å². The van der Waals surface area contributed by atoms with Gasteiger partial charge in [-0.3, -0.25) is 9.98 Å². The Hall–Kier alpha value is -2.74. The lowest BCUT2D eigenvalue weighted by molar-refractivity contribution is 1.51. The Bertz CT molecular complexity index is 624. The first-order valence-corrected chi connectivity index (χ1v) is 7.34. The van der Waals surface area contributed by atoms with Crippen LogP contribution in [0.15, 0.2) is 70.7 Å². The average Bonchev–Trinajstić information content (AvgIpc) is 2.55. The molecule has 2 aromatic rings. The number of hydrogen-bond acceptors (Lipinski definition) is 2. The first kappa shape index (κ1) is 15.6. The van der Waals surface area contributed by atoms with E-state index in [1.54, 1.807) is 12.4 Å². The van der Waals surface area contributed by atoms with E-state index in [1.165, 1.54) is 11.1 Å². The second kappa shape index (κ2) is 8.53. The van der Waals surface area contributed by atoms with Gasteiger partial charge in [0.25, 0.3) is 0 Å². The Morgan fingerprint density at radius 1 is 0.591 bits per heavy atom. The van der Waals surface area contributed by atoms with E-state index in [0.717, 1.165) is 11.4 Å². The van der Waals surface area contributed by atoms with E-state index in [9.17, 15) is 0 Å². The predicted molar refractivity (Wildman–Crippen MR) is 98.6 cm³/mol. The van der Waals surface area contributed by atoms with Crippen LogP contribution in [0.2, 0.25) is 0 Å². The molecule has 0 saturated carbocycles. The molecule has 110 valence electrons. The lowest BCUT2D eigenvalue weighted by atomic mass is 10.2. The molecule has 0 radical (unpaired) electrons. The maximum Gasteiger partial charge on any atom is 0.0630 e. The minimum Gasteiger partial charge on any atom is -0.255 e. The first-order valence-electron chi connectivity index (χ1n) is 7.34. The highest BCUT2D eigenvalue weighted by atomic mass is 14.8. The van der Waals surface area contributed by atoms with Crippen LogP contribution in [0.25, 0.3) is 12.2 Å². The number of allylic oxidation sites excluding steroid dienone is 2. The van der Waals surface area contributed by atoms with Crippen LogP contribution in [0.1, 0.15) is 25.0 Å². The van der Waals surface area contributed by atoms with Crippen molar-refractivity contribution in [3.63, 3.8) is 0 Å². The zero-order chi connectivity index (χ0) is 15.6. The summed E-state index contributed by atoms with van der Waals surface area (Å²) in [6.45, 7) is 4.02. The molecule has 0 heterocycles. The maximum atomic E-state index is 4.36. The molecule has 0 bridgehead atoms. The summed E-state index contributed by atoms with van der Waals surface area (Å²) in [5.74, 6) is 0. The third kappa shape index (κ3) is 4.98. The first-order chi connectivity index (χ1) is 10.8. The number of benzene rings is 2. The van der Waals surface area contributed by atoms with Crippen LogP contribution in [-0.4, -0.2) is 12.4 Å². The van der Waals surface area contributed by atoms with Crippen molar-refractivity contribution in [2.75, 3.05) is 0 Å². The SMILES string of the molecule is CC=Cc1ccc(N=CC=Nc2ccc(C=CC)cc2)cc1. The van der Waals surface area contributed by atoms with Gasteiger partial charge in [-0.1, -0.05) is 48.6 Å². The summed E-state index contributed by atoms with van der Waals surface area (Å²) in [5, 5.41) is 0. The van der Waals surface area contributed by atoms with Crippen LogP contribution >= 0.6 is 0 Å². The third-order valence-corrected chi connectivity index (χ3v) is 3.02. The molecule has 0 N–H and O–H groups in total. The van der Waals surface area contributed by atoms with E-state index in [-0.39, 0.29) is 0 Å². The van der Waals surface area contributed by atoms with Gasteiger partial charge in [0.05, 0.1) is 11.4 Å².